The molecule has 1 heterocycles. The van der Waals surface area contributed by atoms with Crippen LogP contribution in [0.2, 0.25) is 0 Å². The number of hydrogen-bond acceptors (Lipinski definition) is 2. The quantitative estimate of drug-likeness (QED) is 0.414. The second-order valence-corrected chi connectivity index (χ2v) is 4.49. The standard InChI is InChI=1S/C8H12FIN2O/c1-6-5-11(10)3-4-12(6)8(13)7(2)9/h6H,2-5H2,1H3/t6-/m1/s1. The van der Waals surface area contributed by atoms with Crippen molar-refractivity contribution < 1.29 is 9.18 Å². The van der Waals surface area contributed by atoms with Crippen LogP contribution in [0.25, 0.3) is 0 Å². The van der Waals surface area contributed by atoms with Crippen molar-refractivity contribution in [3.05, 3.63) is 12.4 Å². The summed E-state index contributed by atoms with van der Waals surface area (Å²) >= 11 is 2.20. The molecule has 1 aliphatic rings. The molecule has 0 aliphatic carbocycles. The highest BCUT2D eigenvalue weighted by Gasteiger charge is 2.27. The zero-order valence-corrected chi connectivity index (χ0v) is 9.62. The van der Waals surface area contributed by atoms with Crippen molar-refractivity contribution >= 4 is 28.8 Å². The molecule has 0 N–H and O–H groups in total. The third-order valence-corrected chi connectivity index (χ3v) is 2.95. The minimum Gasteiger partial charge on any atom is -0.331 e. The average Bonchev–Trinajstić information content (AvgIpc) is 2.03. The number of carbonyl (C=O) groups excluding carboxylic acids is 1. The molecular formula is C8H12FIN2O. The Morgan fingerprint density at radius 3 is 2.69 bits per heavy atom. The Morgan fingerprint density at radius 1 is 1.62 bits per heavy atom. The van der Waals surface area contributed by atoms with Crippen LogP contribution in [-0.4, -0.2) is 39.6 Å². The van der Waals surface area contributed by atoms with Crippen LogP contribution in [0.5, 0.6) is 0 Å². The molecule has 74 valence electrons. The van der Waals surface area contributed by atoms with Gasteiger partial charge in [0.1, 0.15) is 0 Å². The first-order valence-electron chi connectivity index (χ1n) is 4.08. The van der Waals surface area contributed by atoms with E-state index in [-0.39, 0.29) is 6.04 Å². The Balaban J connectivity index is 2.61. The van der Waals surface area contributed by atoms with Crippen LogP contribution < -0.4 is 0 Å². The topological polar surface area (TPSA) is 23.6 Å². The molecule has 1 fully saturated rings. The largest absolute Gasteiger partial charge is 0.331 e. The molecule has 0 aromatic rings. The summed E-state index contributed by atoms with van der Waals surface area (Å²) in [7, 11) is 0. The summed E-state index contributed by atoms with van der Waals surface area (Å²) in [6.07, 6.45) is 0. The van der Waals surface area contributed by atoms with Gasteiger partial charge in [0.15, 0.2) is 5.83 Å². The minimum absolute atomic E-state index is 0.0608. The number of nitrogens with zero attached hydrogens (tertiary/aromatic N) is 2. The molecule has 0 aromatic carbocycles. The Morgan fingerprint density at radius 2 is 2.23 bits per heavy atom. The number of halogens is 2. The van der Waals surface area contributed by atoms with E-state index >= 15 is 0 Å². The van der Waals surface area contributed by atoms with Crippen molar-refractivity contribution in [3.63, 3.8) is 0 Å². The molecule has 3 nitrogen and oxygen atoms in total. The van der Waals surface area contributed by atoms with Gasteiger partial charge in [-0.1, -0.05) is 6.58 Å². The van der Waals surface area contributed by atoms with Gasteiger partial charge in [-0.05, 0) is 6.92 Å². The number of hydrogen-bond donors (Lipinski definition) is 0. The van der Waals surface area contributed by atoms with Crippen molar-refractivity contribution in [1.82, 2.24) is 8.01 Å². The van der Waals surface area contributed by atoms with Crippen LogP contribution in [-0.2, 0) is 4.79 Å². The summed E-state index contributed by atoms with van der Waals surface area (Å²) in [5, 5.41) is 0. The van der Waals surface area contributed by atoms with Crippen LogP contribution in [0.15, 0.2) is 12.4 Å². The molecule has 0 spiro atoms. The normalized spacial score (nSPS) is 24.5. The monoisotopic (exact) mass is 298 g/mol. The van der Waals surface area contributed by atoms with Gasteiger partial charge in [0.25, 0.3) is 5.91 Å². The SMILES string of the molecule is C=C(F)C(=O)N1CCN(I)C[C@H]1C. The van der Waals surface area contributed by atoms with Crippen LogP contribution in [0.3, 0.4) is 0 Å². The summed E-state index contributed by atoms with van der Waals surface area (Å²) < 4.78 is 14.6. The summed E-state index contributed by atoms with van der Waals surface area (Å²) in [4.78, 5) is 12.8. The number of piperazine rings is 1. The van der Waals surface area contributed by atoms with Crippen LogP contribution >= 0.6 is 22.9 Å². The fraction of sp³-hybridized carbons (Fsp3) is 0.625. The first-order valence-corrected chi connectivity index (χ1v) is 5.05. The summed E-state index contributed by atoms with van der Waals surface area (Å²) in [6, 6.07) is 0.0608. The van der Waals surface area contributed by atoms with Gasteiger partial charge >= 0.3 is 0 Å². The van der Waals surface area contributed by atoms with E-state index in [0.717, 1.165) is 13.1 Å². The lowest BCUT2D eigenvalue weighted by Gasteiger charge is -2.36. The Hall–Kier alpha value is -0.170. The van der Waals surface area contributed by atoms with Gasteiger partial charge in [0, 0.05) is 48.5 Å². The predicted octanol–water partition coefficient (Wildman–Crippen LogP) is 1.35. The zero-order chi connectivity index (χ0) is 10.0. The molecule has 0 saturated carbocycles. The van der Waals surface area contributed by atoms with Crippen molar-refractivity contribution in [3.8, 4) is 0 Å². The Bertz CT molecular complexity index is 234. The number of rotatable bonds is 1. The minimum atomic E-state index is -0.867. The molecule has 1 rings (SSSR count). The van der Waals surface area contributed by atoms with Gasteiger partial charge in [-0.25, -0.2) is 7.50 Å². The maximum atomic E-state index is 12.5. The van der Waals surface area contributed by atoms with E-state index in [0.29, 0.717) is 6.54 Å². The van der Waals surface area contributed by atoms with Gasteiger partial charge in [-0.3, -0.25) is 4.79 Å². The lowest BCUT2D eigenvalue weighted by molar-refractivity contribution is -0.131. The predicted molar refractivity (Wildman–Crippen MR) is 57.0 cm³/mol. The molecule has 5 heteroatoms. The third-order valence-electron chi connectivity index (χ3n) is 2.07. The highest BCUT2D eigenvalue weighted by atomic mass is 127. The second kappa shape index (κ2) is 4.36. The Labute approximate surface area is 91.1 Å². The number of carbonyl (C=O) groups is 1. The lowest BCUT2D eigenvalue weighted by Crippen LogP contribution is -2.51. The summed E-state index contributed by atoms with van der Waals surface area (Å²) in [5.74, 6) is -1.44. The molecule has 0 bridgehead atoms. The molecule has 1 aliphatic heterocycles. The van der Waals surface area contributed by atoms with Crippen molar-refractivity contribution in [2.24, 2.45) is 0 Å². The fourth-order valence-corrected chi connectivity index (χ4v) is 2.16. The van der Waals surface area contributed by atoms with Crippen LogP contribution in [0, 0.1) is 0 Å². The molecule has 0 unspecified atom stereocenters. The van der Waals surface area contributed by atoms with E-state index in [1.807, 2.05) is 6.92 Å². The maximum Gasteiger partial charge on any atom is 0.282 e. The zero-order valence-electron chi connectivity index (χ0n) is 7.46. The second-order valence-electron chi connectivity index (χ2n) is 3.12. The van der Waals surface area contributed by atoms with E-state index in [1.54, 1.807) is 0 Å². The van der Waals surface area contributed by atoms with E-state index in [9.17, 15) is 9.18 Å². The molecule has 0 aromatic heterocycles. The van der Waals surface area contributed by atoms with Gasteiger partial charge in [0.05, 0.1) is 0 Å². The van der Waals surface area contributed by atoms with Gasteiger partial charge in [-0.2, -0.15) is 0 Å². The van der Waals surface area contributed by atoms with Crippen molar-refractivity contribution in [1.29, 1.82) is 0 Å². The average molecular weight is 298 g/mol. The molecule has 13 heavy (non-hydrogen) atoms. The van der Waals surface area contributed by atoms with Crippen molar-refractivity contribution in [2.45, 2.75) is 13.0 Å². The highest BCUT2D eigenvalue weighted by Crippen LogP contribution is 2.15. The first-order chi connectivity index (χ1) is 6.02. The smallest absolute Gasteiger partial charge is 0.282 e. The molecule has 1 saturated heterocycles. The van der Waals surface area contributed by atoms with Crippen LogP contribution in [0.1, 0.15) is 6.92 Å². The van der Waals surface area contributed by atoms with Crippen molar-refractivity contribution in [2.75, 3.05) is 19.6 Å². The molecule has 1 atom stereocenters. The fourth-order valence-electron chi connectivity index (χ4n) is 1.37. The Kier molecular flexibility index (Phi) is 3.66. The van der Waals surface area contributed by atoms with E-state index in [1.165, 1.54) is 4.90 Å². The van der Waals surface area contributed by atoms with Gasteiger partial charge < -0.3 is 4.90 Å². The highest BCUT2D eigenvalue weighted by molar-refractivity contribution is 14.1. The van der Waals surface area contributed by atoms with Gasteiger partial charge in [-0.15, -0.1) is 0 Å². The third kappa shape index (κ3) is 2.63. The first kappa shape index (κ1) is 10.9. The van der Waals surface area contributed by atoms with Crippen LogP contribution in [0.4, 0.5) is 4.39 Å². The maximum absolute atomic E-state index is 12.5. The van der Waals surface area contributed by atoms with Gasteiger partial charge in [0.2, 0.25) is 0 Å². The van der Waals surface area contributed by atoms with E-state index < -0.39 is 11.7 Å². The number of amides is 1. The molecule has 1 amide bonds. The molecule has 0 radical (unpaired) electrons. The summed E-state index contributed by atoms with van der Waals surface area (Å²) in [6.45, 7) is 7.05. The van der Waals surface area contributed by atoms with E-state index in [2.05, 4.69) is 32.6 Å². The van der Waals surface area contributed by atoms with E-state index in [4.69, 9.17) is 0 Å². The summed E-state index contributed by atoms with van der Waals surface area (Å²) in [5.41, 5.74) is 0. The lowest BCUT2D eigenvalue weighted by atomic mass is 10.2. The molecular weight excluding hydrogens is 286 g/mol.